The van der Waals surface area contributed by atoms with Crippen LogP contribution in [0.3, 0.4) is 0 Å². The Morgan fingerprint density at radius 2 is 2.18 bits per heavy atom. The van der Waals surface area contributed by atoms with Crippen molar-refractivity contribution < 1.29 is 4.42 Å². The van der Waals surface area contributed by atoms with Crippen LogP contribution in [0.25, 0.3) is 11.6 Å². The minimum atomic E-state index is 0.452. The molecule has 5 heteroatoms. The molecule has 0 atom stereocenters. The van der Waals surface area contributed by atoms with Gasteiger partial charge in [-0.15, -0.1) is 0 Å². The molecule has 0 amide bonds. The van der Waals surface area contributed by atoms with E-state index in [9.17, 15) is 0 Å². The van der Waals surface area contributed by atoms with Crippen LogP contribution in [0.15, 0.2) is 21.2 Å². The molecule has 1 fully saturated rings. The number of hydrogen-bond acceptors (Lipinski definition) is 3. The maximum absolute atomic E-state index is 6.12. The Balaban J connectivity index is 2.15. The Morgan fingerprint density at radius 1 is 1.41 bits per heavy atom. The zero-order valence-electron chi connectivity index (χ0n) is 9.20. The third-order valence-corrected chi connectivity index (χ3v) is 4.15. The van der Waals surface area contributed by atoms with Crippen molar-refractivity contribution in [2.75, 3.05) is 0 Å². The van der Waals surface area contributed by atoms with Crippen LogP contribution >= 0.6 is 27.5 Å². The number of aromatic nitrogens is 2. The molecule has 0 aromatic carbocycles. The van der Waals surface area contributed by atoms with E-state index in [1.807, 2.05) is 13.0 Å². The minimum absolute atomic E-state index is 0.452. The highest BCUT2D eigenvalue weighted by molar-refractivity contribution is 9.10. The number of rotatable bonds is 2. The fraction of sp³-hybridized carbons (Fsp3) is 0.333. The number of nitrogens with zero attached hydrogens (tertiary/aromatic N) is 2. The molecule has 2 aromatic rings. The topological polar surface area (TPSA) is 38.9 Å². The second-order valence-corrected chi connectivity index (χ2v) is 5.40. The van der Waals surface area contributed by atoms with E-state index >= 15 is 0 Å². The summed E-state index contributed by atoms with van der Waals surface area (Å²) in [6.45, 7) is 1.97. The van der Waals surface area contributed by atoms with E-state index < -0.39 is 0 Å². The molecule has 3 nitrogen and oxygen atoms in total. The zero-order valence-corrected chi connectivity index (χ0v) is 11.5. The number of halogens is 2. The molecule has 2 aromatic heterocycles. The van der Waals surface area contributed by atoms with Crippen molar-refractivity contribution in [2.45, 2.75) is 25.7 Å². The van der Waals surface area contributed by atoms with Crippen LogP contribution < -0.4 is 0 Å². The molecule has 1 aliphatic rings. The van der Waals surface area contributed by atoms with Gasteiger partial charge in [-0.05, 0) is 47.3 Å². The van der Waals surface area contributed by atoms with Crippen molar-refractivity contribution >= 4 is 27.5 Å². The monoisotopic (exact) mass is 312 g/mol. The van der Waals surface area contributed by atoms with Gasteiger partial charge in [0.05, 0.1) is 16.4 Å². The fourth-order valence-electron chi connectivity index (χ4n) is 1.77. The SMILES string of the molecule is Cc1ccoc1-c1nc(Cl)c(Br)c(C2CC2)n1. The van der Waals surface area contributed by atoms with Gasteiger partial charge in [-0.3, -0.25) is 0 Å². The molecular formula is C12H10BrClN2O. The first-order valence-electron chi connectivity index (χ1n) is 5.44. The highest BCUT2D eigenvalue weighted by Gasteiger charge is 2.29. The van der Waals surface area contributed by atoms with Crippen LogP contribution in [0.5, 0.6) is 0 Å². The van der Waals surface area contributed by atoms with Crippen LogP contribution in [0.1, 0.15) is 30.0 Å². The molecule has 0 bridgehead atoms. The highest BCUT2D eigenvalue weighted by atomic mass is 79.9. The summed E-state index contributed by atoms with van der Waals surface area (Å²) in [5.41, 5.74) is 2.01. The second-order valence-electron chi connectivity index (χ2n) is 4.24. The Hall–Kier alpha value is -0.870. The molecule has 1 saturated carbocycles. The molecule has 0 N–H and O–H groups in total. The molecule has 0 spiro atoms. The summed E-state index contributed by atoms with van der Waals surface area (Å²) in [5.74, 6) is 1.78. The quantitative estimate of drug-likeness (QED) is 0.774. The normalized spacial score (nSPS) is 15.2. The first kappa shape index (κ1) is 11.2. The molecule has 2 heterocycles. The van der Waals surface area contributed by atoms with E-state index in [1.165, 1.54) is 12.8 Å². The zero-order chi connectivity index (χ0) is 12.0. The van der Waals surface area contributed by atoms with Crippen LogP contribution in [0.4, 0.5) is 0 Å². The average Bonchev–Trinajstić information content (AvgIpc) is 3.05. The summed E-state index contributed by atoms with van der Waals surface area (Å²) in [5, 5.41) is 0.452. The minimum Gasteiger partial charge on any atom is -0.461 e. The van der Waals surface area contributed by atoms with Gasteiger partial charge in [0.25, 0.3) is 0 Å². The third kappa shape index (κ3) is 2.00. The molecular weight excluding hydrogens is 304 g/mol. The van der Waals surface area contributed by atoms with Gasteiger partial charge in [0.1, 0.15) is 5.15 Å². The molecule has 1 aliphatic carbocycles. The summed E-state index contributed by atoms with van der Waals surface area (Å²) in [4.78, 5) is 8.82. The van der Waals surface area contributed by atoms with Gasteiger partial charge in [-0.25, -0.2) is 9.97 Å². The molecule has 0 unspecified atom stereocenters. The van der Waals surface area contributed by atoms with E-state index in [0.29, 0.717) is 22.7 Å². The van der Waals surface area contributed by atoms with Crippen molar-refractivity contribution in [1.29, 1.82) is 0 Å². The standard InChI is InChI=1S/C12H10BrClN2O/c1-6-4-5-17-10(6)12-15-9(7-2-3-7)8(13)11(14)16-12/h4-5,7H,2-3H2,1H3. The lowest BCUT2D eigenvalue weighted by atomic mass is 10.2. The van der Waals surface area contributed by atoms with Crippen LogP contribution in [-0.2, 0) is 0 Å². The summed E-state index contributed by atoms with van der Waals surface area (Å²) >= 11 is 9.57. The maximum atomic E-state index is 6.12. The Morgan fingerprint density at radius 3 is 2.76 bits per heavy atom. The predicted molar refractivity (Wildman–Crippen MR) is 69.2 cm³/mol. The van der Waals surface area contributed by atoms with E-state index in [0.717, 1.165) is 15.7 Å². The fourth-order valence-corrected chi connectivity index (χ4v) is 2.44. The summed E-state index contributed by atoms with van der Waals surface area (Å²) in [6.07, 6.45) is 3.98. The summed E-state index contributed by atoms with van der Waals surface area (Å²) in [7, 11) is 0. The summed E-state index contributed by atoms with van der Waals surface area (Å²) in [6, 6.07) is 1.89. The van der Waals surface area contributed by atoms with Gasteiger partial charge >= 0.3 is 0 Å². The lowest BCUT2D eigenvalue weighted by Crippen LogP contribution is -1.97. The van der Waals surface area contributed by atoms with E-state index in [2.05, 4.69) is 25.9 Å². The van der Waals surface area contributed by atoms with Crippen LogP contribution in [-0.4, -0.2) is 9.97 Å². The molecule has 88 valence electrons. The highest BCUT2D eigenvalue weighted by Crippen LogP contribution is 2.44. The van der Waals surface area contributed by atoms with Gasteiger partial charge < -0.3 is 4.42 Å². The maximum Gasteiger partial charge on any atom is 0.197 e. The van der Waals surface area contributed by atoms with Crippen LogP contribution in [0.2, 0.25) is 5.15 Å². The number of furan rings is 1. The van der Waals surface area contributed by atoms with Crippen LogP contribution in [0, 0.1) is 6.92 Å². The smallest absolute Gasteiger partial charge is 0.197 e. The van der Waals surface area contributed by atoms with Gasteiger partial charge in [0, 0.05) is 5.92 Å². The lowest BCUT2D eigenvalue weighted by Gasteiger charge is -2.06. The van der Waals surface area contributed by atoms with E-state index in [4.69, 9.17) is 16.0 Å². The molecule has 0 radical (unpaired) electrons. The third-order valence-electron chi connectivity index (χ3n) is 2.87. The largest absolute Gasteiger partial charge is 0.461 e. The average molecular weight is 314 g/mol. The van der Waals surface area contributed by atoms with Gasteiger partial charge in [-0.1, -0.05) is 11.6 Å². The van der Waals surface area contributed by atoms with Crippen molar-refractivity contribution in [2.24, 2.45) is 0 Å². The Kier molecular flexibility index (Phi) is 2.71. The van der Waals surface area contributed by atoms with E-state index in [-0.39, 0.29) is 0 Å². The molecule has 17 heavy (non-hydrogen) atoms. The second kappa shape index (κ2) is 4.10. The van der Waals surface area contributed by atoms with Crippen molar-refractivity contribution in [1.82, 2.24) is 9.97 Å². The van der Waals surface area contributed by atoms with Crippen molar-refractivity contribution in [3.63, 3.8) is 0 Å². The lowest BCUT2D eigenvalue weighted by molar-refractivity contribution is 0.575. The molecule has 0 aliphatic heterocycles. The van der Waals surface area contributed by atoms with Crippen molar-refractivity contribution in [3.05, 3.63) is 33.2 Å². The van der Waals surface area contributed by atoms with Gasteiger partial charge in [0.2, 0.25) is 0 Å². The molecule has 3 rings (SSSR count). The first-order chi connectivity index (χ1) is 8.16. The Labute approximate surface area is 112 Å². The van der Waals surface area contributed by atoms with Gasteiger partial charge in [0.15, 0.2) is 11.6 Å². The van der Waals surface area contributed by atoms with E-state index in [1.54, 1.807) is 6.26 Å². The summed E-state index contributed by atoms with van der Waals surface area (Å²) < 4.78 is 6.22. The number of hydrogen-bond donors (Lipinski definition) is 0. The van der Waals surface area contributed by atoms with Crippen molar-refractivity contribution in [3.8, 4) is 11.6 Å². The molecule has 0 saturated heterocycles. The predicted octanol–water partition coefficient (Wildman–Crippen LogP) is 4.34. The Bertz CT molecular complexity index is 578. The first-order valence-corrected chi connectivity index (χ1v) is 6.61. The van der Waals surface area contributed by atoms with Gasteiger partial charge in [-0.2, -0.15) is 0 Å². The number of aryl methyl sites for hydroxylation is 1.